The van der Waals surface area contributed by atoms with Crippen molar-refractivity contribution in [2.45, 2.75) is 51.7 Å². The number of anilines is 2. The summed E-state index contributed by atoms with van der Waals surface area (Å²) in [5, 5.41) is 7.07. The van der Waals surface area contributed by atoms with Crippen molar-refractivity contribution in [1.82, 2.24) is 25.1 Å². The summed E-state index contributed by atoms with van der Waals surface area (Å²) in [7, 11) is 2.84. The summed E-state index contributed by atoms with van der Waals surface area (Å²) >= 11 is 6.54. The van der Waals surface area contributed by atoms with Gasteiger partial charge in [-0.05, 0) is 19.4 Å². The highest BCUT2D eigenvalue weighted by atomic mass is 35.5. The lowest BCUT2D eigenvalue weighted by molar-refractivity contribution is -0.140. The molecule has 0 radical (unpaired) electrons. The Labute approximate surface area is 243 Å². The number of rotatable bonds is 4. The van der Waals surface area contributed by atoms with Crippen LogP contribution in [0.3, 0.4) is 0 Å². The summed E-state index contributed by atoms with van der Waals surface area (Å²) < 4.78 is 71.0. The number of aromatic nitrogens is 4. The van der Waals surface area contributed by atoms with Crippen molar-refractivity contribution in [2.24, 2.45) is 0 Å². The minimum absolute atomic E-state index is 0.0269. The monoisotopic (exact) mass is 607 g/mol. The number of methoxy groups -OCH3 is 1. The number of nitrogens with two attached hydrogens (primary N) is 1. The maximum atomic E-state index is 15.3. The van der Waals surface area contributed by atoms with Gasteiger partial charge in [0, 0.05) is 43.2 Å². The van der Waals surface area contributed by atoms with Crippen LogP contribution in [0.25, 0.3) is 0 Å². The molecule has 1 atom stereocenters. The molecular formula is C27H26ClF4N7O3. The van der Waals surface area contributed by atoms with E-state index < -0.39 is 46.4 Å². The summed E-state index contributed by atoms with van der Waals surface area (Å²) in [5.41, 5.74) is 4.43. The molecule has 10 nitrogen and oxygen atoms in total. The zero-order chi connectivity index (χ0) is 30.3. The summed E-state index contributed by atoms with van der Waals surface area (Å²) in [6.07, 6.45) is -5.88. The van der Waals surface area contributed by atoms with Gasteiger partial charge in [-0.25, -0.2) is 4.39 Å². The topological polar surface area (TPSA) is 120 Å². The van der Waals surface area contributed by atoms with Crippen molar-refractivity contribution < 1.29 is 31.8 Å². The van der Waals surface area contributed by atoms with Crippen molar-refractivity contribution >= 4 is 29.0 Å². The molecule has 0 spiro atoms. The van der Waals surface area contributed by atoms with Crippen molar-refractivity contribution in [3.63, 3.8) is 0 Å². The first-order valence-electron chi connectivity index (χ1n) is 12.9. The Morgan fingerprint density at radius 2 is 2.07 bits per heavy atom. The van der Waals surface area contributed by atoms with Gasteiger partial charge in [-0.15, -0.1) is 5.92 Å². The van der Waals surface area contributed by atoms with Gasteiger partial charge in [-0.3, -0.25) is 9.48 Å². The Morgan fingerprint density at radius 1 is 1.31 bits per heavy atom. The summed E-state index contributed by atoms with van der Waals surface area (Å²) in [6.45, 7) is 2.38. The normalized spacial score (nSPS) is 16.6. The number of carbonyl (C=O) groups is 1. The fraction of sp³-hybridized carbons (Fsp3) is 0.407. The highest BCUT2D eigenvalue weighted by Crippen LogP contribution is 2.44. The van der Waals surface area contributed by atoms with Crippen molar-refractivity contribution in [3.8, 4) is 17.9 Å². The number of alkyl halides is 3. The van der Waals surface area contributed by atoms with Crippen LogP contribution in [-0.2, 0) is 37.0 Å². The summed E-state index contributed by atoms with van der Waals surface area (Å²) in [4.78, 5) is 23.1. The highest BCUT2D eigenvalue weighted by molar-refractivity contribution is 6.34. The second-order valence-electron chi connectivity index (χ2n) is 9.64. The van der Waals surface area contributed by atoms with E-state index >= 15 is 4.39 Å². The number of nitrogens with one attached hydrogen (secondary N) is 1. The van der Waals surface area contributed by atoms with Gasteiger partial charge in [-0.2, -0.15) is 28.2 Å². The van der Waals surface area contributed by atoms with Gasteiger partial charge >= 0.3 is 12.2 Å². The number of fused-ring (bicyclic) bond motifs is 2. The van der Waals surface area contributed by atoms with Crippen LogP contribution in [0.15, 0.2) is 6.07 Å². The fourth-order valence-electron chi connectivity index (χ4n) is 5.24. The Kier molecular flexibility index (Phi) is 7.91. The van der Waals surface area contributed by atoms with Crippen LogP contribution in [0.1, 0.15) is 63.6 Å². The quantitative estimate of drug-likeness (QED) is 0.259. The van der Waals surface area contributed by atoms with Crippen LogP contribution in [0.4, 0.5) is 29.1 Å². The smallest absolute Gasteiger partial charge is 0.418 e. The molecule has 222 valence electrons. The molecule has 5 rings (SSSR count). The van der Waals surface area contributed by atoms with Crippen molar-refractivity contribution in [1.29, 1.82) is 0 Å². The molecule has 0 aliphatic carbocycles. The third-order valence-corrected chi connectivity index (χ3v) is 7.51. The Hall–Kier alpha value is -4.09. The molecule has 1 aromatic carbocycles. The Balaban J connectivity index is 1.57. The fourth-order valence-corrected chi connectivity index (χ4v) is 5.52. The van der Waals surface area contributed by atoms with E-state index in [0.717, 1.165) is 6.07 Å². The lowest BCUT2D eigenvalue weighted by atomic mass is 9.91. The maximum absolute atomic E-state index is 15.3. The number of ether oxygens (including phenoxy) is 2. The molecule has 0 fully saturated rings. The van der Waals surface area contributed by atoms with Crippen LogP contribution in [-0.4, -0.2) is 46.4 Å². The molecular weight excluding hydrogens is 582 g/mol. The van der Waals surface area contributed by atoms with Gasteiger partial charge in [0.2, 0.25) is 0 Å². The first-order chi connectivity index (χ1) is 20.0. The molecule has 0 saturated carbocycles. The molecule has 2 aromatic heterocycles. The van der Waals surface area contributed by atoms with Gasteiger partial charge in [-0.1, -0.05) is 17.5 Å². The lowest BCUT2D eigenvalue weighted by Crippen LogP contribution is -2.29. The zero-order valence-electron chi connectivity index (χ0n) is 22.8. The summed E-state index contributed by atoms with van der Waals surface area (Å²) in [5.74, 6) is 3.58. The van der Waals surface area contributed by atoms with Crippen molar-refractivity contribution in [3.05, 3.63) is 56.2 Å². The second-order valence-corrected chi connectivity index (χ2v) is 10.0. The number of amides is 1. The third-order valence-electron chi connectivity index (χ3n) is 7.11. The number of aryl methyl sites for hydroxylation is 1. The number of hydrogen-bond acceptors (Lipinski definition) is 8. The molecule has 3 N–H and O–H groups in total. The number of carbonyl (C=O) groups excluding carboxylic acids is 1. The first-order valence-corrected chi connectivity index (χ1v) is 13.3. The first kappa shape index (κ1) is 29.4. The van der Waals surface area contributed by atoms with Crippen LogP contribution in [0.2, 0.25) is 5.02 Å². The van der Waals surface area contributed by atoms with Crippen LogP contribution < -0.4 is 20.7 Å². The van der Waals surface area contributed by atoms with Gasteiger partial charge in [0.15, 0.2) is 11.5 Å². The van der Waals surface area contributed by atoms with Gasteiger partial charge in [0.05, 0.1) is 54.0 Å². The van der Waals surface area contributed by atoms with Gasteiger partial charge in [0.25, 0.3) is 5.91 Å². The van der Waals surface area contributed by atoms with E-state index in [-0.39, 0.29) is 36.3 Å². The second kappa shape index (κ2) is 11.3. The van der Waals surface area contributed by atoms with E-state index in [9.17, 15) is 18.0 Å². The van der Waals surface area contributed by atoms with Gasteiger partial charge in [0.1, 0.15) is 5.82 Å². The molecule has 2 aliphatic heterocycles. The molecule has 3 aromatic rings. The van der Waals surface area contributed by atoms with E-state index in [0.29, 0.717) is 42.3 Å². The van der Waals surface area contributed by atoms with E-state index in [1.54, 1.807) is 4.68 Å². The molecule has 4 heterocycles. The molecule has 15 heteroatoms. The van der Waals surface area contributed by atoms with E-state index in [1.165, 1.54) is 21.1 Å². The number of halogens is 5. The maximum Gasteiger partial charge on any atom is 0.418 e. The standard InChI is InChI=1S/C27H26ClF4N7O3/c1-4-6-13-9-15(33)22(29)19(20(13)27(30,31)32)18-10-16-14(12-42-18)24(36-26(35-16)41-3)38-7-5-8-39-17(11-38)21(28)23(37-39)25(40)34-2/h9,18H,5,7-8,10-12,33H2,1-3H3,(H,34,40). The number of hydrogen-bond donors (Lipinski definition) is 2. The molecule has 0 saturated heterocycles. The van der Waals surface area contributed by atoms with Crippen LogP contribution in [0, 0.1) is 17.7 Å². The highest BCUT2D eigenvalue weighted by Gasteiger charge is 2.42. The largest absolute Gasteiger partial charge is 0.467 e. The molecule has 0 bridgehead atoms. The van der Waals surface area contributed by atoms with Crippen LogP contribution in [0.5, 0.6) is 6.01 Å². The van der Waals surface area contributed by atoms with E-state index in [4.69, 9.17) is 26.8 Å². The van der Waals surface area contributed by atoms with Crippen LogP contribution >= 0.6 is 11.6 Å². The Bertz CT molecular complexity index is 1630. The molecule has 1 unspecified atom stereocenters. The van der Waals surface area contributed by atoms with Crippen molar-refractivity contribution in [2.75, 3.05) is 31.3 Å². The minimum Gasteiger partial charge on any atom is -0.467 e. The predicted octanol–water partition coefficient (Wildman–Crippen LogP) is 4.03. The number of nitrogen functional groups attached to an aromatic ring is 1. The SMILES string of the molecule is CC#Cc1cc(N)c(F)c(C2Cc3nc(OC)nc(N4CCCn5nc(C(=O)NC)c(Cl)c5C4)c3CO2)c1C(F)(F)F. The predicted molar refractivity (Wildman–Crippen MR) is 144 cm³/mol. The minimum atomic E-state index is -4.93. The molecule has 1 amide bonds. The Morgan fingerprint density at radius 3 is 2.74 bits per heavy atom. The molecule has 2 aliphatic rings. The number of benzene rings is 1. The lowest BCUT2D eigenvalue weighted by Gasteiger charge is -2.31. The summed E-state index contributed by atoms with van der Waals surface area (Å²) in [6, 6.07) is 0.851. The van der Waals surface area contributed by atoms with Gasteiger partial charge < -0.3 is 25.4 Å². The molecule has 42 heavy (non-hydrogen) atoms. The zero-order valence-corrected chi connectivity index (χ0v) is 23.6. The number of nitrogens with zero attached hydrogens (tertiary/aromatic N) is 5. The third kappa shape index (κ3) is 5.18. The van der Waals surface area contributed by atoms with E-state index in [1.807, 2.05) is 4.90 Å². The average molecular weight is 608 g/mol. The average Bonchev–Trinajstić information content (AvgIpc) is 3.12. The van der Waals surface area contributed by atoms with E-state index in [2.05, 4.69) is 32.2 Å².